The van der Waals surface area contributed by atoms with Crippen molar-refractivity contribution in [2.24, 2.45) is 0 Å². The van der Waals surface area contributed by atoms with E-state index in [0.717, 1.165) is 17.9 Å². The van der Waals surface area contributed by atoms with Gasteiger partial charge in [-0.3, -0.25) is 4.98 Å². The van der Waals surface area contributed by atoms with Crippen molar-refractivity contribution in [3.8, 4) is 0 Å². The largest absolute Gasteiger partial charge is 0.379 e. The Bertz CT molecular complexity index is 824. The number of anilines is 1. The molecule has 0 unspecified atom stereocenters. The van der Waals surface area contributed by atoms with Crippen molar-refractivity contribution in [1.82, 2.24) is 25.4 Å². The van der Waals surface area contributed by atoms with Gasteiger partial charge < -0.3 is 9.64 Å². The third-order valence-corrected chi connectivity index (χ3v) is 4.25. The number of methoxy groups -OCH3 is 1. The molecule has 3 aromatic rings. The van der Waals surface area contributed by atoms with E-state index in [9.17, 15) is 4.39 Å². The lowest BCUT2D eigenvalue weighted by Crippen LogP contribution is -2.22. The first-order valence-electron chi connectivity index (χ1n) is 7.30. The number of aromatic amines is 1. The van der Waals surface area contributed by atoms with Gasteiger partial charge in [-0.25, -0.2) is 9.37 Å². The van der Waals surface area contributed by atoms with Crippen molar-refractivity contribution in [3.63, 3.8) is 0 Å². The molecule has 2 atom stereocenters. The zero-order chi connectivity index (χ0) is 15.8. The Balaban J connectivity index is 1.72. The first kappa shape index (κ1) is 14.0. The molecular weight excluding hydrogens is 299 g/mol. The summed E-state index contributed by atoms with van der Waals surface area (Å²) in [6.07, 6.45) is 4.61. The molecule has 1 fully saturated rings. The Morgan fingerprint density at radius 2 is 2.22 bits per heavy atom. The molecule has 0 saturated carbocycles. The van der Waals surface area contributed by atoms with Crippen molar-refractivity contribution >= 4 is 16.7 Å². The average molecular weight is 314 g/mol. The standard InChI is InChI=1S/C15H15FN6O/c1-23-14-8-22(7-10(14)12-6-19-21-20-12)13-2-3-17-11-4-9(16)5-18-15(11)13/h2-6,10,14H,7-8H2,1H3,(H,19,20,21)/t10-,14+/m0/s1. The Hall–Kier alpha value is -2.61. The molecule has 118 valence electrons. The molecule has 1 aliphatic heterocycles. The first-order chi connectivity index (χ1) is 11.3. The number of hydrogen-bond donors (Lipinski definition) is 1. The lowest BCUT2D eigenvalue weighted by Gasteiger charge is -2.19. The van der Waals surface area contributed by atoms with Crippen molar-refractivity contribution in [1.29, 1.82) is 0 Å². The van der Waals surface area contributed by atoms with E-state index in [1.807, 2.05) is 6.07 Å². The van der Waals surface area contributed by atoms with E-state index in [1.54, 1.807) is 19.5 Å². The number of rotatable bonds is 3. The van der Waals surface area contributed by atoms with Gasteiger partial charge in [0.2, 0.25) is 0 Å². The molecule has 0 bridgehead atoms. The van der Waals surface area contributed by atoms with Crippen LogP contribution >= 0.6 is 0 Å². The molecule has 7 nitrogen and oxygen atoms in total. The van der Waals surface area contributed by atoms with Crippen molar-refractivity contribution in [2.45, 2.75) is 12.0 Å². The molecule has 0 spiro atoms. The zero-order valence-corrected chi connectivity index (χ0v) is 12.5. The van der Waals surface area contributed by atoms with Gasteiger partial charge in [-0.15, -0.1) is 0 Å². The summed E-state index contributed by atoms with van der Waals surface area (Å²) < 4.78 is 19.0. The van der Waals surface area contributed by atoms with Gasteiger partial charge in [0.1, 0.15) is 11.3 Å². The maximum absolute atomic E-state index is 13.4. The van der Waals surface area contributed by atoms with E-state index in [2.05, 4.69) is 30.3 Å². The summed E-state index contributed by atoms with van der Waals surface area (Å²) in [4.78, 5) is 10.6. The maximum atomic E-state index is 13.4. The SMILES string of the molecule is CO[C@@H]1CN(c2ccnc3cc(F)cnc23)C[C@H]1c1cn[nH]n1. The van der Waals surface area contributed by atoms with Crippen molar-refractivity contribution in [2.75, 3.05) is 25.1 Å². The number of ether oxygens (including phenoxy) is 1. The third-order valence-electron chi connectivity index (χ3n) is 4.25. The Kier molecular flexibility index (Phi) is 3.38. The maximum Gasteiger partial charge on any atom is 0.143 e. The highest BCUT2D eigenvalue weighted by atomic mass is 19.1. The van der Waals surface area contributed by atoms with Gasteiger partial charge in [0.05, 0.1) is 41.3 Å². The summed E-state index contributed by atoms with van der Waals surface area (Å²) in [6, 6.07) is 3.29. The number of hydrogen-bond acceptors (Lipinski definition) is 6. The number of pyridine rings is 2. The average Bonchev–Trinajstić information content (AvgIpc) is 3.22. The lowest BCUT2D eigenvalue weighted by atomic mass is 10.0. The van der Waals surface area contributed by atoms with Crippen LogP contribution in [0.15, 0.2) is 30.7 Å². The van der Waals surface area contributed by atoms with E-state index in [0.29, 0.717) is 17.6 Å². The molecule has 3 aromatic heterocycles. The van der Waals surface area contributed by atoms with Crippen LogP contribution in [0.25, 0.3) is 11.0 Å². The summed E-state index contributed by atoms with van der Waals surface area (Å²) in [5, 5.41) is 10.7. The van der Waals surface area contributed by atoms with Crippen LogP contribution in [-0.4, -0.2) is 51.7 Å². The molecule has 4 rings (SSSR count). The van der Waals surface area contributed by atoms with Crippen LogP contribution in [0.1, 0.15) is 11.6 Å². The summed E-state index contributed by atoms with van der Waals surface area (Å²) in [5.74, 6) is -0.277. The van der Waals surface area contributed by atoms with Gasteiger partial charge in [0.15, 0.2) is 0 Å². The molecular formula is C15H15FN6O. The molecule has 0 amide bonds. The van der Waals surface area contributed by atoms with Crippen LogP contribution in [0, 0.1) is 5.82 Å². The fourth-order valence-electron chi connectivity index (χ4n) is 3.13. The second kappa shape index (κ2) is 5.54. The van der Waals surface area contributed by atoms with E-state index >= 15 is 0 Å². The van der Waals surface area contributed by atoms with Gasteiger partial charge in [-0.2, -0.15) is 15.4 Å². The summed E-state index contributed by atoms with van der Waals surface area (Å²) in [6.45, 7) is 1.43. The topological polar surface area (TPSA) is 79.8 Å². The summed E-state index contributed by atoms with van der Waals surface area (Å²) >= 11 is 0. The van der Waals surface area contributed by atoms with Gasteiger partial charge in [0.25, 0.3) is 0 Å². The minimum Gasteiger partial charge on any atom is -0.379 e. The van der Waals surface area contributed by atoms with E-state index in [-0.39, 0.29) is 17.8 Å². The highest BCUT2D eigenvalue weighted by Crippen LogP contribution is 2.33. The van der Waals surface area contributed by atoms with Crippen molar-refractivity contribution < 1.29 is 9.13 Å². The number of H-pyrrole nitrogens is 1. The van der Waals surface area contributed by atoms with Gasteiger partial charge in [-0.05, 0) is 6.07 Å². The lowest BCUT2D eigenvalue weighted by molar-refractivity contribution is 0.106. The second-order valence-corrected chi connectivity index (χ2v) is 5.53. The van der Waals surface area contributed by atoms with Crippen LogP contribution in [-0.2, 0) is 4.74 Å². The van der Waals surface area contributed by atoms with E-state index < -0.39 is 0 Å². The number of nitrogens with one attached hydrogen (secondary N) is 1. The highest BCUT2D eigenvalue weighted by Gasteiger charge is 2.36. The van der Waals surface area contributed by atoms with Gasteiger partial charge >= 0.3 is 0 Å². The molecule has 0 radical (unpaired) electrons. The minimum absolute atomic E-state index is 0.00348. The number of aromatic nitrogens is 5. The normalized spacial score (nSPS) is 21.2. The Morgan fingerprint density at radius 3 is 3.00 bits per heavy atom. The van der Waals surface area contributed by atoms with Crippen LogP contribution in [0.5, 0.6) is 0 Å². The Labute approximate surface area is 131 Å². The second-order valence-electron chi connectivity index (χ2n) is 5.53. The molecule has 23 heavy (non-hydrogen) atoms. The summed E-state index contributed by atoms with van der Waals surface area (Å²) in [7, 11) is 1.69. The third kappa shape index (κ3) is 2.40. The first-order valence-corrected chi connectivity index (χ1v) is 7.30. The predicted molar refractivity (Wildman–Crippen MR) is 81.6 cm³/mol. The van der Waals surface area contributed by atoms with E-state index in [1.165, 1.54) is 12.3 Å². The molecule has 0 aliphatic carbocycles. The number of nitrogens with zero attached hydrogens (tertiary/aromatic N) is 5. The molecule has 4 heterocycles. The smallest absolute Gasteiger partial charge is 0.143 e. The van der Waals surface area contributed by atoms with Crippen LogP contribution < -0.4 is 4.90 Å². The summed E-state index contributed by atoms with van der Waals surface area (Å²) in [5.41, 5.74) is 3.02. The van der Waals surface area contributed by atoms with Gasteiger partial charge in [0, 0.05) is 32.5 Å². The zero-order valence-electron chi connectivity index (χ0n) is 12.5. The fraction of sp³-hybridized carbons (Fsp3) is 0.333. The fourth-order valence-corrected chi connectivity index (χ4v) is 3.13. The Morgan fingerprint density at radius 1 is 1.30 bits per heavy atom. The molecule has 1 saturated heterocycles. The molecule has 1 N–H and O–H groups in total. The predicted octanol–water partition coefficient (Wildman–Crippen LogP) is 1.51. The molecule has 8 heteroatoms. The molecule has 1 aliphatic rings. The highest BCUT2D eigenvalue weighted by molar-refractivity contribution is 5.87. The van der Waals surface area contributed by atoms with Crippen LogP contribution in [0.3, 0.4) is 0 Å². The monoisotopic (exact) mass is 314 g/mol. The van der Waals surface area contributed by atoms with Crippen LogP contribution in [0.4, 0.5) is 10.1 Å². The van der Waals surface area contributed by atoms with Crippen molar-refractivity contribution in [3.05, 3.63) is 42.2 Å². The minimum atomic E-state index is -0.390. The number of fused-ring (bicyclic) bond motifs is 1. The van der Waals surface area contributed by atoms with Crippen LogP contribution in [0.2, 0.25) is 0 Å². The quantitative estimate of drug-likeness (QED) is 0.789. The van der Waals surface area contributed by atoms with E-state index in [4.69, 9.17) is 4.74 Å². The molecule has 0 aromatic carbocycles. The van der Waals surface area contributed by atoms with Gasteiger partial charge in [-0.1, -0.05) is 0 Å². The number of halogens is 1.